The van der Waals surface area contributed by atoms with E-state index in [1.54, 1.807) is 0 Å². The molecule has 0 spiro atoms. The van der Waals surface area contributed by atoms with Gasteiger partial charge in [-0.3, -0.25) is 9.69 Å². The average Bonchev–Trinajstić information content (AvgIpc) is 2.53. The molecule has 1 aliphatic heterocycles. The molecule has 24 heavy (non-hydrogen) atoms. The van der Waals surface area contributed by atoms with Crippen LogP contribution in [0.25, 0.3) is 0 Å². The number of amides is 1. The maximum atomic E-state index is 12.4. The van der Waals surface area contributed by atoms with E-state index in [1.165, 1.54) is 11.1 Å². The normalized spacial score (nSPS) is 20.8. The Balaban J connectivity index is 0.00000288. The summed E-state index contributed by atoms with van der Waals surface area (Å²) in [6.07, 6.45) is 1.87. The third kappa shape index (κ3) is 6.08. The molecule has 2 N–H and O–H groups in total. The van der Waals surface area contributed by atoms with Crippen LogP contribution in [-0.2, 0) is 17.9 Å². The molecule has 1 aromatic carbocycles. The number of nitrogens with zero attached hydrogens (tertiary/aromatic N) is 1. The Morgan fingerprint density at radius 1 is 1.33 bits per heavy atom. The molecule has 1 fully saturated rings. The summed E-state index contributed by atoms with van der Waals surface area (Å²) in [6, 6.07) is 9.35. The van der Waals surface area contributed by atoms with Crippen molar-refractivity contribution in [3.05, 3.63) is 35.4 Å². The van der Waals surface area contributed by atoms with E-state index in [0.29, 0.717) is 18.6 Å². The molecule has 0 saturated carbocycles. The lowest BCUT2D eigenvalue weighted by molar-refractivity contribution is -0.126. The maximum Gasteiger partial charge on any atom is 0.223 e. The molecule has 1 heterocycles. The van der Waals surface area contributed by atoms with Crippen LogP contribution >= 0.6 is 12.4 Å². The van der Waals surface area contributed by atoms with Gasteiger partial charge in [0.05, 0.1) is 0 Å². The number of piperidine rings is 1. The fourth-order valence-electron chi connectivity index (χ4n) is 3.03. The van der Waals surface area contributed by atoms with Gasteiger partial charge in [0.25, 0.3) is 0 Å². The highest BCUT2D eigenvalue weighted by Crippen LogP contribution is 2.17. The van der Waals surface area contributed by atoms with Crippen LogP contribution in [0.4, 0.5) is 0 Å². The largest absolute Gasteiger partial charge is 0.352 e. The zero-order chi connectivity index (χ0) is 16.8. The zero-order valence-electron chi connectivity index (χ0n) is 15.3. The van der Waals surface area contributed by atoms with Crippen molar-refractivity contribution in [3.8, 4) is 0 Å². The summed E-state index contributed by atoms with van der Waals surface area (Å²) >= 11 is 0. The Kier molecular flexibility index (Phi) is 8.74. The summed E-state index contributed by atoms with van der Waals surface area (Å²) in [4.78, 5) is 14.7. The summed E-state index contributed by atoms with van der Waals surface area (Å²) < 4.78 is 0. The molecular weight excluding hydrogens is 322 g/mol. The molecule has 0 aromatic heterocycles. The second kappa shape index (κ2) is 10.0. The molecule has 0 aliphatic carbocycles. The van der Waals surface area contributed by atoms with Gasteiger partial charge in [-0.15, -0.1) is 12.4 Å². The molecule has 2 rings (SSSR count). The van der Waals surface area contributed by atoms with Crippen LogP contribution in [0, 0.1) is 5.92 Å². The van der Waals surface area contributed by atoms with Crippen molar-refractivity contribution in [2.45, 2.75) is 58.8 Å². The molecular formula is C19H32ClN3O. The predicted octanol–water partition coefficient (Wildman–Crippen LogP) is 2.95. The first-order valence-electron chi connectivity index (χ1n) is 8.75. The van der Waals surface area contributed by atoms with Crippen molar-refractivity contribution in [3.63, 3.8) is 0 Å². The van der Waals surface area contributed by atoms with Crippen molar-refractivity contribution < 1.29 is 4.79 Å². The standard InChI is InChI=1S/C19H31N3O.ClH/c1-14(2)22(4)13-18-8-6-5-7-17(18)12-21-19(23)16-9-10-20-15(3)11-16;/h5-8,14-16,20H,9-13H2,1-4H3,(H,21,23);1H/t15-,16-;/m0./s1. The van der Waals surface area contributed by atoms with Gasteiger partial charge in [-0.2, -0.15) is 0 Å². The van der Waals surface area contributed by atoms with E-state index >= 15 is 0 Å². The number of carbonyl (C=O) groups is 1. The lowest BCUT2D eigenvalue weighted by Gasteiger charge is -2.27. The molecule has 1 saturated heterocycles. The quantitative estimate of drug-likeness (QED) is 0.826. The number of hydrogen-bond acceptors (Lipinski definition) is 3. The van der Waals surface area contributed by atoms with E-state index in [0.717, 1.165) is 25.9 Å². The first-order chi connectivity index (χ1) is 11.0. The zero-order valence-corrected chi connectivity index (χ0v) is 16.2. The van der Waals surface area contributed by atoms with Gasteiger partial charge in [0, 0.05) is 31.1 Å². The van der Waals surface area contributed by atoms with Crippen LogP contribution in [0.15, 0.2) is 24.3 Å². The van der Waals surface area contributed by atoms with E-state index < -0.39 is 0 Å². The minimum atomic E-state index is 0. The second-order valence-electron chi connectivity index (χ2n) is 7.07. The number of benzene rings is 1. The number of hydrogen-bond donors (Lipinski definition) is 2. The van der Waals surface area contributed by atoms with Crippen LogP contribution in [0.1, 0.15) is 44.7 Å². The Labute approximate surface area is 152 Å². The lowest BCUT2D eigenvalue weighted by Crippen LogP contribution is -2.42. The minimum Gasteiger partial charge on any atom is -0.352 e. The van der Waals surface area contributed by atoms with Gasteiger partial charge in [0.2, 0.25) is 5.91 Å². The number of nitrogens with one attached hydrogen (secondary N) is 2. The van der Waals surface area contributed by atoms with Crippen molar-refractivity contribution in [1.29, 1.82) is 0 Å². The fraction of sp³-hybridized carbons (Fsp3) is 0.632. The third-order valence-corrected chi connectivity index (χ3v) is 4.87. The second-order valence-corrected chi connectivity index (χ2v) is 7.07. The summed E-state index contributed by atoms with van der Waals surface area (Å²) in [5, 5.41) is 6.54. The van der Waals surface area contributed by atoms with E-state index in [9.17, 15) is 4.79 Å². The molecule has 4 nitrogen and oxygen atoms in total. The van der Waals surface area contributed by atoms with Crippen molar-refractivity contribution in [1.82, 2.24) is 15.5 Å². The van der Waals surface area contributed by atoms with Gasteiger partial charge in [0.1, 0.15) is 0 Å². The highest BCUT2D eigenvalue weighted by molar-refractivity contribution is 5.85. The monoisotopic (exact) mass is 353 g/mol. The summed E-state index contributed by atoms with van der Waals surface area (Å²) in [6.45, 7) is 9.02. The molecule has 1 aromatic rings. The van der Waals surface area contributed by atoms with Crippen LogP contribution in [0.5, 0.6) is 0 Å². The maximum absolute atomic E-state index is 12.4. The first kappa shape index (κ1) is 20.9. The van der Waals surface area contributed by atoms with Gasteiger partial charge < -0.3 is 10.6 Å². The van der Waals surface area contributed by atoms with Crippen molar-refractivity contribution in [2.75, 3.05) is 13.6 Å². The molecule has 0 unspecified atom stereocenters. The third-order valence-electron chi connectivity index (χ3n) is 4.87. The Hall–Kier alpha value is -1.10. The van der Waals surface area contributed by atoms with Gasteiger partial charge in [-0.1, -0.05) is 24.3 Å². The van der Waals surface area contributed by atoms with Crippen molar-refractivity contribution >= 4 is 18.3 Å². The van der Waals surface area contributed by atoms with Gasteiger partial charge in [0.15, 0.2) is 0 Å². The predicted molar refractivity (Wildman–Crippen MR) is 102 cm³/mol. The number of rotatable bonds is 6. The fourth-order valence-corrected chi connectivity index (χ4v) is 3.03. The first-order valence-corrected chi connectivity index (χ1v) is 8.75. The molecule has 0 bridgehead atoms. The molecule has 1 amide bonds. The molecule has 5 heteroatoms. The van der Waals surface area contributed by atoms with Gasteiger partial charge in [-0.25, -0.2) is 0 Å². The topological polar surface area (TPSA) is 44.4 Å². The number of carbonyl (C=O) groups excluding carboxylic acids is 1. The molecule has 2 atom stereocenters. The van der Waals surface area contributed by atoms with E-state index in [1.807, 2.05) is 6.07 Å². The highest BCUT2D eigenvalue weighted by atomic mass is 35.5. The van der Waals surface area contributed by atoms with Crippen molar-refractivity contribution in [2.24, 2.45) is 5.92 Å². The smallest absolute Gasteiger partial charge is 0.223 e. The SMILES string of the molecule is CC(C)N(C)Cc1ccccc1CNC(=O)[C@H]1CCN[C@@H](C)C1.Cl. The van der Waals surface area contributed by atoms with Crippen LogP contribution in [0.3, 0.4) is 0 Å². The Morgan fingerprint density at radius 3 is 2.62 bits per heavy atom. The van der Waals surface area contributed by atoms with E-state index in [2.05, 4.69) is 61.6 Å². The Morgan fingerprint density at radius 2 is 2.00 bits per heavy atom. The lowest BCUT2D eigenvalue weighted by atomic mass is 9.92. The molecule has 136 valence electrons. The molecule has 0 radical (unpaired) electrons. The highest BCUT2D eigenvalue weighted by Gasteiger charge is 2.24. The summed E-state index contributed by atoms with van der Waals surface area (Å²) in [5.41, 5.74) is 2.51. The van der Waals surface area contributed by atoms with E-state index in [-0.39, 0.29) is 24.2 Å². The van der Waals surface area contributed by atoms with Crippen LogP contribution in [-0.4, -0.2) is 36.5 Å². The summed E-state index contributed by atoms with van der Waals surface area (Å²) in [5.74, 6) is 0.349. The average molecular weight is 354 g/mol. The Bertz CT molecular complexity index is 521. The number of halogens is 1. The minimum absolute atomic E-state index is 0. The van der Waals surface area contributed by atoms with Gasteiger partial charge >= 0.3 is 0 Å². The van der Waals surface area contributed by atoms with E-state index in [4.69, 9.17) is 0 Å². The molecule has 1 aliphatic rings. The van der Waals surface area contributed by atoms with Crippen LogP contribution < -0.4 is 10.6 Å². The van der Waals surface area contributed by atoms with Gasteiger partial charge in [-0.05, 0) is 58.3 Å². The summed E-state index contributed by atoms with van der Waals surface area (Å²) in [7, 11) is 2.14. The van der Waals surface area contributed by atoms with Crippen LogP contribution in [0.2, 0.25) is 0 Å².